The zero-order valence-corrected chi connectivity index (χ0v) is 22.0. The van der Waals surface area contributed by atoms with E-state index in [0.29, 0.717) is 13.0 Å². The van der Waals surface area contributed by atoms with Gasteiger partial charge in [-0.15, -0.1) is 0 Å². The van der Waals surface area contributed by atoms with Gasteiger partial charge >= 0.3 is 0 Å². The first-order chi connectivity index (χ1) is 16.9. The summed E-state index contributed by atoms with van der Waals surface area (Å²) in [5.41, 5.74) is -0.0373. The monoisotopic (exact) mass is 534 g/mol. The van der Waals surface area contributed by atoms with Gasteiger partial charge in [0.25, 0.3) is 0 Å². The molecule has 1 aliphatic carbocycles. The first-order valence-corrected chi connectivity index (χ1v) is 12.5. The van der Waals surface area contributed by atoms with Crippen LogP contribution in [0.5, 0.6) is 0 Å². The van der Waals surface area contributed by atoms with Gasteiger partial charge in [0.2, 0.25) is 11.8 Å². The van der Waals surface area contributed by atoms with Crippen molar-refractivity contribution in [2.24, 2.45) is 10.8 Å². The van der Waals surface area contributed by atoms with E-state index in [0.717, 1.165) is 12.8 Å². The molecule has 2 aromatic carbocycles. The molecule has 3 rings (SSSR count). The van der Waals surface area contributed by atoms with Crippen molar-refractivity contribution in [1.29, 1.82) is 0 Å². The van der Waals surface area contributed by atoms with Crippen LogP contribution in [-0.4, -0.2) is 24.4 Å². The normalized spacial score (nSPS) is 21.6. The van der Waals surface area contributed by atoms with Crippen molar-refractivity contribution in [3.63, 3.8) is 0 Å². The van der Waals surface area contributed by atoms with Crippen molar-refractivity contribution in [2.45, 2.75) is 46.1 Å². The molecule has 0 aliphatic heterocycles. The number of hydrogen-bond donors (Lipinski definition) is 2. The number of halogens is 4. The van der Waals surface area contributed by atoms with Crippen LogP contribution in [-0.2, 0) is 9.59 Å². The van der Waals surface area contributed by atoms with Crippen LogP contribution in [0.2, 0.25) is 10.0 Å². The molecule has 8 heteroatoms. The Kier molecular flexibility index (Phi) is 8.96. The summed E-state index contributed by atoms with van der Waals surface area (Å²) in [5, 5.41) is 6.37. The summed E-state index contributed by atoms with van der Waals surface area (Å²) in [7, 11) is 0. The molecule has 2 aromatic rings. The van der Waals surface area contributed by atoms with Gasteiger partial charge < -0.3 is 10.6 Å². The van der Waals surface area contributed by atoms with Gasteiger partial charge in [-0.25, -0.2) is 8.78 Å². The van der Waals surface area contributed by atoms with Crippen LogP contribution in [0.4, 0.5) is 8.78 Å². The third kappa shape index (κ3) is 7.65. The van der Waals surface area contributed by atoms with Crippen LogP contribution in [0.3, 0.4) is 0 Å². The van der Waals surface area contributed by atoms with Gasteiger partial charge in [0.05, 0.1) is 10.0 Å². The largest absolute Gasteiger partial charge is 0.352 e. The Bertz CT molecular complexity index is 1160. The summed E-state index contributed by atoms with van der Waals surface area (Å²) in [6.07, 6.45) is 7.53. The van der Waals surface area contributed by atoms with Crippen molar-refractivity contribution in [3.8, 4) is 0 Å². The molecule has 2 N–H and O–H groups in total. The minimum Gasteiger partial charge on any atom is -0.352 e. The van der Waals surface area contributed by atoms with Crippen LogP contribution >= 0.6 is 23.2 Å². The van der Waals surface area contributed by atoms with Crippen molar-refractivity contribution in [3.05, 3.63) is 81.4 Å². The quantitative estimate of drug-likeness (QED) is 0.383. The summed E-state index contributed by atoms with van der Waals surface area (Å²) in [4.78, 5) is 25.0. The van der Waals surface area contributed by atoms with Crippen molar-refractivity contribution in [2.75, 3.05) is 6.54 Å². The Morgan fingerprint density at radius 3 is 1.97 bits per heavy atom. The molecule has 0 aromatic heterocycles. The predicted octanol–water partition coefficient (Wildman–Crippen LogP) is 6.82. The van der Waals surface area contributed by atoms with E-state index in [1.807, 2.05) is 0 Å². The Morgan fingerprint density at radius 1 is 0.917 bits per heavy atom. The molecule has 192 valence electrons. The Balaban J connectivity index is 1.61. The topological polar surface area (TPSA) is 58.2 Å². The number of carbonyl (C=O) groups excluding carboxylic acids is 2. The van der Waals surface area contributed by atoms with Crippen LogP contribution in [0.25, 0.3) is 12.2 Å². The zero-order chi connectivity index (χ0) is 26.5. The minimum absolute atomic E-state index is 0.0786. The molecule has 0 heterocycles. The SMILES string of the molecule is CC1(C)CC(NC(=O)C=Cc2c(F)cccc2Cl)CC(C)(CNC(=O)C=Cc2c(F)cccc2Cl)C1. The van der Waals surface area contributed by atoms with Gasteiger partial charge in [-0.1, -0.05) is 56.1 Å². The van der Waals surface area contributed by atoms with Crippen molar-refractivity contribution in [1.82, 2.24) is 10.6 Å². The summed E-state index contributed by atoms with van der Waals surface area (Å²) in [6.45, 7) is 6.71. The fourth-order valence-electron chi connectivity index (χ4n) is 5.14. The number of benzene rings is 2. The lowest BCUT2D eigenvalue weighted by Gasteiger charge is -2.46. The maximum Gasteiger partial charge on any atom is 0.244 e. The predicted molar refractivity (Wildman–Crippen MR) is 142 cm³/mol. The Labute approximate surface area is 220 Å². The number of hydrogen-bond acceptors (Lipinski definition) is 2. The Morgan fingerprint density at radius 2 is 1.44 bits per heavy atom. The number of rotatable bonds is 7. The fraction of sp³-hybridized carbons (Fsp3) is 0.357. The minimum atomic E-state index is -0.502. The molecule has 4 nitrogen and oxygen atoms in total. The lowest BCUT2D eigenvalue weighted by molar-refractivity contribution is -0.119. The molecule has 1 aliphatic rings. The molecule has 0 bridgehead atoms. The molecule has 2 unspecified atom stereocenters. The summed E-state index contributed by atoms with van der Waals surface area (Å²) >= 11 is 12.0. The second-order valence-electron chi connectivity index (χ2n) is 10.4. The molecule has 36 heavy (non-hydrogen) atoms. The van der Waals surface area contributed by atoms with Crippen LogP contribution in [0.1, 0.15) is 51.2 Å². The van der Waals surface area contributed by atoms with E-state index < -0.39 is 11.6 Å². The second kappa shape index (κ2) is 11.6. The van der Waals surface area contributed by atoms with E-state index in [9.17, 15) is 18.4 Å². The molecule has 1 saturated carbocycles. The average molecular weight is 535 g/mol. The zero-order valence-electron chi connectivity index (χ0n) is 20.5. The van der Waals surface area contributed by atoms with Crippen molar-refractivity contribution < 1.29 is 18.4 Å². The third-order valence-electron chi connectivity index (χ3n) is 6.28. The molecule has 0 radical (unpaired) electrons. The van der Waals surface area contributed by atoms with E-state index in [-0.39, 0.29) is 49.9 Å². The highest BCUT2D eigenvalue weighted by atomic mass is 35.5. The van der Waals surface area contributed by atoms with Gasteiger partial charge in [-0.3, -0.25) is 9.59 Å². The smallest absolute Gasteiger partial charge is 0.244 e. The maximum absolute atomic E-state index is 14.0. The van der Waals surface area contributed by atoms with Gasteiger partial charge in [-0.05, 0) is 66.5 Å². The lowest BCUT2D eigenvalue weighted by Crippen LogP contribution is -2.50. The second-order valence-corrected chi connectivity index (χ2v) is 11.2. The van der Waals surface area contributed by atoms with E-state index in [2.05, 4.69) is 31.4 Å². The highest BCUT2D eigenvalue weighted by Crippen LogP contribution is 2.45. The summed E-state index contributed by atoms with van der Waals surface area (Å²) in [5.74, 6) is -1.70. The molecular weight excluding hydrogens is 505 g/mol. The first-order valence-electron chi connectivity index (χ1n) is 11.7. The highest BCUT2D eigenvalue weighted by Gasteiger charge is 2.41. The summed E-state index contributed by atoms with van der Waals surface area (Å²) < 4.78 is 27.9. The molecule has 0 spiro atoms. The standard InChI is InChI=1S/C28H30Cl2F2N2O2/c1-27(2)14-18(34-26(36)13-11-20-22(30)7-5-9-24(20)32)15-28(3,16-27)17-33-25(35)12-10-19-21(29)6-4-8-23(19)31/h4-13,18H,14-17H2,1-3H3,(H,33,35)(H,34,36). The fourth-order valence-corrected chi connectivity index (χ4v) is 5.59. The van der Waals surface area contributed by atoms with Crippen molar-refractivity contribution >= 4 is 47.2 Å². The molecule has 0 saturated heterocycles. The van der Waals surface area contributed by atoms with E-state index in [1.54, 1.807) is 12.1 Å². The molecule has 2 atom stereocenters. The summed E-state index contributed by atoms with van der Waals surface area (Å²) in [6, 6.07) is 8.56. The van der Waals surface area contributed by atoms with Gasteiger partial charge in [0, 0.05) is 35.9 Å². The molecule has 1 fully saturated rings. The first kappa shape index (κ1) is 27.9. The van der Waals surface area contributed by atoms with Crippen LogP contribution < -0.4 is 10.6 Å². The molecule has 2 amide bonds. The van der Waals surface area contributed by atoms with Gasteiger partial charge in [0.15, 0.2) is 0 Å². The lowest BCUT2D eigenvalue weighted by atomic mass is 9.62. The molecular formula is C28H30Cl2F2N2O2. The van der Waals surface area contributed by atoms with Crippen LogP contribution in [0, 0.1) is 22.5 Å². The number of amides is 2. The third-order valence-corrected chi connectivity index (χ3v) is 6.94. The number of nitrogens with one attached hydrogen (secondary N) is 2. The van der Waals surface area contributed by atoms with E-state index >= 15 is 0 Å². The van der Waals surface area contributed by atoms with Gasteiger partial charge in [-0.2, -0.15) is 0 Å². The van der Waals surface area contributed by atoms with E-state index in [1.165, 1.54) is 48.6 Å². The highest BCUT2D eigenvalue weighted by molar-refractivity contribution is 6.32. The average Bonchev–Trinajstić information content (AvgIpc) is 2.76. The van der Waals surface area contributed by atoms with E-state index in [4.69, 9.17) is 23.2 Å². The maximum atomic E-state index is 14.0. The van der Waals surface area contributed by atoms with Gasteiger partial charge in [0.1, 0.15) is 11.6 Å². The Hall–Kier alpha value is -2.70. The number of carbonyl (C=O) groups is 2. The van der Waals surface area contributed by atoms with Crippen LogP contribution in [0.15, 0.2) is 48.6 Å².